The number of ether oxygens (including phenoxy) is 2. The van der Waals surface area contributed by atoms with Crippen LogP contribution >= 0.6 is 12.2 Å². The van der Waals surface area contributed by atoms with Gasteiger partial charge in [0.1, 0.15) is 12.6 Å². The van der Waals surface area contributed by atoms with Crippen LogP contribution in [-0.4, -0.2) is 48.4 Å². The van der Waals surface area contributed by atoms with Crippen molar-refractivity contribution >= 4 is 33.4 Å². The van der Waals surface area contributed by atoms with Crippen LogP contribution in [0.4, 0.5) is 4.79 Å². The Balaban J connectivity index is 1.61. The fraction of sp³-hybridized carbons (Fsp3) is 0.304. The van der Waals surface area contributed by atoms with E-state index in [1.165, 1.54) is 24.1 Å². The quantitative estimate of drug-likeness (QED) is 0.442. The van der Waals surface area contributed by atoms with E-state index < -0.39 is 22.2 Å². The molecule has 0 N–H and O–H groups in total. The highest BCUT2D eigenvalue weighted by Gasteiger charge is 2.35. The van der Waals surface area contributed by atoms with E-state index >= 15 is 0 Å². The average molecular weight is 475 g/mol. The molecule has 2 aromatic carbocycles. The van der Waals surface area contributed by atoms with E-state index in [0.717, 1.165) is 21.9 Å². The number of carbonyl (C=O) groups is 1. The van der Waals surface area contributed by atoms with Gasteiger partial charge in [0.25, 0.3) is 10.0 Å². The van der Waals surface area contributed by atoms with Crippen LogP contribution in [0.15, 0.2) is 72.0 Å². The van der Waals surface area contributed by atoms with E-state index in [1.807, 2.05) is 37.3 Å². The zero-order valence-electron chi connectivity index (χ0n) is 18.1. The van der Waals surface area contributed by atoms with Crippen molar-refractivity contribution in [2.75, 3.05) is 13.6 Å². The molecule has 1 saturated heterocycles. The molecule has 0 bridgehead atoms. The zero-order chi connectivity index (χ0) is 23.3. The summed E-state index contributed by atoms with van der Waals surface area (Å²) >= 11 is 5.39. The molecule has 170 valence electrons. The van der Waals surface area contributed by atoms with Crippen LogP contribution in [0, 0.1) is 6.92 Å². The minimum absolute atomic E-state index is 0.0788. The second-order valence-corrected chi connectivity index (χ2v) is 9.86. The molecule has 1 atom stereocenters. The molecule has 1 fully saturated rings. The summed E-state index contributed by atoms with van der Waals surface area (Å²) < 4.78 is 37.6. The lowest BCUT2D eigenvalue weighted by molar-refractivity contribution is 0.0970. The molecular formula is C23H26N2O5S2. The minimum atomic E-state index is -3.85. The first kappa shape index (κ1) is 23.7. The lowest BCUT2D eigenvalue weighted by Crippen LogP contribution is -2.41. The van der Waals surface area contributed by atoms with Crippen LogP contribution in [-0.2, 0) is 26.1 Å². The van der Waals surface area contributed by atoms with E-state index in [9.17, 15) is 13.2 Å². The minimum Gasteiger partial charge on any atom is -0.445 e. The third-order valence-electron chi connectivity index (χ3n) is 5.21. The molecule has 0 aromatic heterocycles. The normalized spacial score (nSPS) is 15.8. The Labute approximate surface area is 194 Å². The van der Waals surface area contributed by atoms with Crippen LogP contribution in [0.1, 0.15) is 24.0 Å². The molecule has 32 heavy (non-hydrogen) atoms. The Morgan fingerprint density at radius 2 is 1.84 bits per heavy atom. The standard InChI is InChI=1S/C23H26N2O5S2/c1-17-11-13-20(14-12-17)32(27,28)24(3)18(2)30-22(31)21-10-7-15-25(21)23(26)29-16-19-8-5-4-6-9-19/h4-6,8-9,11-14,21H,2,7,10,15-16H2,1,3H3. The maximum Gasteiger partial charge on any atom is 0.410 e. The number of aryl methyl sites for hydroxylation is 1. The van der Waals surface area contributed by atoms with E-state index in [0.29, 0.717) is 13.0 Å². The molecular weight excluding hydrogens is 448 g/mol. The first-order valence-corrected chi connectivity index (χ1v) is 12.0. The van der Waals surface area contributed by atoms with E-state index in [1.54, 1.807) is 12.1 Å². The summed E-state index contributed by atoms with van der Waals surface area (Å²) in [6.07, 6.45) is 0.841. The fourth-order valence-corrected chi connectivity index (χ4v) is 4.73. The van der Waals surface area contributed by atoms with Gasteiger partial charge in [-0.2, -0.15) is 0 Å². The number of hydrogen-bond donors (Lipinski definition) is 0. The summed E-state index contributed by atoms with van der Waals surface area (Å²) in [5.74, 6) is -0.139. The van der Waals surface area contributed by atoms with Crippen molar-refractivity contribution in [3.05, 3.63) is 78.2 Å². The van der Waals surface area contributed by atoms with Crippen molar-refractivity contribution in [2.24, 2.45) is 0 Å². The Hall–Kier alpha value is -2.91. The third kappa shape index (κ3) is 5.46. The maximum absolute atomic E-state index is 12.8. The molecule has 0 aliphatic carbocycles. The van der Waals surface area contributed by atoms with Gasteiger partial charge in [0.05, 0.1) is 4.90 Å². The lowest BCUT2D eigenvalue weighted by Gasteiger charge is -2.27. The molecule has 3 rings (SSSR count). The summed E-state index contributed by atoms with van der Waals surface area (Å²) in [6, 6.07) is 15.4. The monoisotopic (exact) mass is 474 g/mol. The van der Waals surface area contributed by atoms with Crippen molar-refractivity contribution in [3.63, 3.8) is 0 Å². The smallest absolute Gasteiger partial charge is 0.410 e. The highest BCUT2D eigenvalue weighted by Crippen LogP contribution is 2.24. The van der Waals surface area contributed by atoms with Gasteiger partial charge in [-0.1, -0.05) is 48.0 Å². The first-order valence-electron chi connectivity index (χ1n) is 10.1. The second-order valence-electron chi connectivity index (χ2n) is 7.49. The van der Waals surface area contributed by atoms with Gasteiger partial charge in [-0.15, -0.1) is 0 Å². The van der Waals surface area contributed by atoms with Crippen molar-refractivity contribution in [1.29, 1.82) is 0 Å². The topological polar surface area (TPSA) is 76.2 Å². The lowest BCUT2D eigenvalue weighted by atomic mass is 10.2. The summed E-state index contributed by atoms with van der Waals surface area (Å²) in [7, 11) is -2.50. The molecule has 1 unspecified atom stereocenters. The summed E-state index contributed by atoms with van der Waals surface area (Å²) in [4.78, 5) is 14.2. The highest BCUT2D eigenvalue weighted by atomic mass is 32.2. The van der Waals surface area contributed by atoms with Crippen molar-refractivity contribution in [3.8, 4) is 0 Å². The van der Waals surface area contributed by atoms with Crippen LogP contribution in [0.2, 0.25) is 0 Å². The van der Waals surface area contributed by atoms with Gasteiger partial charge in [0.2, 0.25) is 5.88 Å². The van der Waals surface area contributed by atoms with Crippen molar-refractivity contribution < 1.29 is 22.7 Å². The molecule has 1 aliphatic heterocycles. The number of hydrogen-bond acceptors (Lipinski definition) is 6. The van der Waals surface area contributed by atoms with E-state index in [4.69, 9.17) is 21.7 Å². The van der Waals surface area contributed by atoms with Crippen molar-refractivity contribution in [1.82, 2.24) is 9.21 Å². The van der Waals surface area contributed by atoms with Crippen molar-refractivity contribution in [2.45, 2.75) is 37.3 Å². The largest absolute Gasteiger partial charge is 0.445 e. The van der Waals surface area contributed by atoms with Gasteiger partial charge < -0.3 is 9.47 Å². The van der Waals surface area contributed by atoms with Crippen LogP contribution in [0.25, 0.3) is 0 Å². The number of sulfonamides is 1. The predicted molar refractivity (Wildman–Crippen MR) is 125 cm³/mol. The Morgan fingerprint density at radius 3 is 2.50 bits per heavy atom. The van der Waals surface area contributed by atoms with E-state index in [2.05, 4.69) is 6.58 Å². The molecule has 0 radical (unpaired) electrons. The summed E-state index contributed by atoms with van der Waals surface area (Å²) in [6.45, 7) is 6.23. The predicted octanol–water partition coefficient (Wildman–Crippen LogP) is 4.23. The van der Waals surface area contributed by atoms with Crippen LogP contribution in [0.3, 0.4) is 0 Å². The molecule has 1 heterocycles. The Bertz CT molecular complexity index is 1090. The maximum atomic E-state index is 12.8. The SMILES string of the molecule is C=C(OC(=S)C1CCCN1C(=O)OCc1ccccc1)N(C)S(=O)(=O)c1ccc(C)cc1. The average Bonchev–Trinajstić information content (AvgIpc) is 3.28. The fourth-order valence-electron chi connectivity index (χ4n) is 3.28. The Morgan fingerprint density at radius 1 is 1.19 bits per heavy atom. The third-order valence-corrected chi connectivity index (χ3v) is 7.36. The molecule has 0 spiro atoms. The summed E-state index contributed by atoms with van der Waals surface area (Å²) in [5, 5.41) is 0.0788. The molecule has 0 saturated carbocycles. The second kappa shape index (κ2) is 10.1. The number of amides is 1. The molecule has 7 nitrogen and oxygen atoms in total. The number of thiocarbonyl (C=S) groups is 1. The molecule has 2 aromatic rings. The summed E-state index contributed by atoms with van der Waals surface area (Å²) in [5.41, 5.74) is 1.83. The number of rotatable bonds is 7. The number of likely N-dealkylation sites (tertiary alicyclic amines) is 1. The van der Waals surface area contributed by atoms with Gasteiger partial charge in [-0.25, -0.2) is 17.5 Å². The molecule has 1 aliphatic rings. The van der Waals surface area contributed by atoms with Gasteiger partial charge in [-0.3, -0.25) is 4.90 Å². The van der Waals surface area contributed by atoms with E-state index in [-0.39, 0.29) is 22.4 Å². The van der Waals surface area contributed by atoms with Gasteiger partial charge in [0.15, 0.2) is 5.05 Å². The first-order chi connectivity index (χ1) is 15.2. The molecule has 9 heteroatoms. The number of nitrogens with zero attached hydrogens (tertiary/aromatic N) is 2. The zero-order valence-corrected chi connectivity index (χ0v) is 19.7. The van der Waals surface area contributed by atoms with Gasteiger partial charge in [-0.05, 0) is 56.3 Å². The van der Waals surface area contributed by atoms with Crippen LogP contribution in [0.5, 0.6) is 0 Å². The van der Waals surface area contributed by atoms with Gasteiger partial charge >= 0.3 is 6.09 Å². The number of benzene rings is 2. The highest BCUT2D eigenvalue weighted by molar-refractivity contribution is 7.89. The van der Waals surface area contributed by atoms with Crippen LogP contribution < -0.4 is 0 Å². The Kier molecular flexibility index (Phi) is 7.52. The number of carbonyl (C=O) groups excluding carboxylic acids is 1. The van der Waals surface area contributed by atoms with Gasteiger partial charge in [0, 0.05) is 13.6 Å². The molecule has 1 amide bonds.